The minimum absolute atomic E-state index is 0.0965. The third-order valence-electron chi connectivity index (χ3n) is 4.38. The topological polar surface area (TPSA) is 41.6 Å². The second kappa shape index (κ2) is 5.26. The Morgan fingerprint density at radius 1 is 1.52 bits per heavy atom. The lowest BCUT2D eigenvalue weighted by molar-refractivity contribution is 0.0442. The van der Waals surface area contributed by atoms with Crippen molar-refractivity contribution in [1.29, 1.82) is 0 Å². The smallest absolute Gasteiger partial charge is 0.322 e. The van der Waals surface area contributed by atoms with Crippen LogP contribution in [0.25, 0.3) is 0 Å². The molecule has 1 aliphatic heterocycles. The highest BCUT2D eigenvalue weighted by Gasteiger charge is 2.54. The van der Waals surface area contributed by atoms with E-state index in [0.29, 0.717) is 17.5 Å². The summed E-state index contributed by atoms with van der Waals surface area (Å²) in [5.74, 6) is 0.413. The Balaban J connectivity index is 2.11. The Labute approximate surface area is 129 Å². The molecule has 1 N–H and O–H groups in total. The number of carbonyl (C=O) groups is 1. The number of amides is 2. The molecule has 3 rings (SSSR count). The van der Waals surface area contributed by atoms with Crippen molar-refractivity contribution in [2.75, 3.05) is 19.0 Å². The summed E-state index contributed by atoms with van der Waals surface area (Å²) < 4.78 is 5.70. The van der Waals surface area contributed by atoms with Crippen molar-refractivity contribution in [3.8, 4) is 0 Å². The van der Waals surface area contributed by atoms with Gasteiger partial charge in [-0.3, -0.25) is 0 Å². The highest BCUT2D eigenvalue weighted by atomic mass is 35.5. The molecule has 1 aliphatic carbocycles. The number of rotatable bonds is 4. The summed E-state index contributed by atoms with van der Waals surface area (Å²) in [5, 5.41) is 3.59. The molecule has 21 heavy (non-hydrogen) atoms. The highest BCUT2D eigenvalue weighted by molar-refractivity contribution is 6.30. The van der Waals surface area contributed by atoms with Crippen LogP contribution in [0, 0.1) is 5.92 Å². The number of hydrogen-bond acceptors (Lipinski definition) is 2. The molecule has 4 nitrogen and oxygen atoms in total. The average molecular weight is 307 g/mol. The predicted molar refractivity (Wildman–Crippen MR) is 83.4 cm³/mol. The summed E-state index contributed by atoms with van der Waals surface area (Å²) in [5.41, 5.74) is 1.44. The van der Waals surface area contributed by atoms with Gasteiger partial charge in [-0.2, -0.15) is 0 Å². The highest BCUT2D eigenvalue weighted by Crippen LogP contribution is 2.53. The van der Waals surface area contributed by atoms with Crippen LogP contribution >= 0.6 is 11.6 Å². The molecular weight excluding hydrogens is 288 g/mol. The lowest BCUT2D eigenvalue weighted by atomic mass is 9.81. The van der Waals surface area contributed by atoms with E-state index >= 15 is 0 Å². The fraction of sp³-hybridized carbons (Fsp3) is 0.438. The SMILES string of the molecule is C/C=C/OCC1(C2CC2)c2cc(Cl)ccc2NC(=O)N1C. The van der Waals surface area contributed by atoms with Gasteiger partial charge in [0.25, 0.3) is 0 Å². The number of benzene rings is 1. The van der Waals surface area contributed by atoms with Crippen molar-refractivity contribution in [1.82, 2.24) is 4.90 Å². The zero-order valence-corrected chi connectivity index (χ0v) is 13.0. The van der Waals surface area contributed by atoms with E-state index in [0.717, 1.165) is 24.1 Å². The van der Waals surface area contributed by atoms with Crippen LogP contribution in [0.15, 0.2) is 30.5 Å². The predicted octanol–water partition coefficient (Wildman–Crippen LogP) is 3.97. The Bertz CT molecular complexity index is 598. The van der Waals surface area contributed by atoms with Gasteiger partial charge in [-0.05, 0) is 43.9 Å². The van der Waals surface area contributed by atoms with E-state index in [9.17, 15) is 4.79 Å². The molecule has 112 valence electrons. The maximum atomic E-state index is 12.3. The van der Waals surface area contributed by atoms with Gasteiger partial charge in [-0.1, -0.05) is 17.7 Å². The molecular formula is C16H19ClN2O2. The van der Waals surface area contributed by atoms with Crippen molar-refractivity contribution in [3.05, 3.63) is 41.1 Å². The van der Waals surface area contributed by atoms with Gasteiger partial charge < -0.3 is 15.0 Å². The molecule has 0 radical (unpaired) electrons. The van der Waals surface area contributed by atoms with Gasteiger partial charge in [-0.25, -0.2) is 4.79 Å². The van der Waals surface area contributed by atoms with Gasteiger partial charge in [0.1, 0.15) is 12.1 Å². The van der Waals surface area contributed by atoms with Crippen LogP contribution in [-0.4, -0.2) is 24.6 Å². The van der Waals surface area contributed by atoms with Crippen LogP contribution in [0.1, 0.15) is 25.3 Å². The largest absolute Gasteiger partial charge is 0.499 e. The molecule has 1 saturated carbocycles. The fourth-order valence-electron chi connectivity index (χ4n) is 3.16. The zero-order valence-electron chi connectivity index (χ0n) is 12.2. The molecule has 1 unspecified atom stereocenters. The summed E-state index contributed by atoms with van der Waals surface area (Å²) in [4.78, 5) is 14.1. The van der Waals surface area contributed by atoms with Crippen LogP contribution in [0.5, 0.6) is 0 Å². The van der Waals surface area contributed by atoms with Gasteiger partial charge >= 0.3 is 6.03 Å². The number of carbonyl (C=O) groups excluding carboxylic acids is 1. The summed E-state index contributed by atoms with van der Waals surface area (Å²) in [6, 6.07) is 5.52. The van der Waals surface area contributed by atoms with Gasteiger partial charge in [-0.15, -0.1) is 0 Å². The lowest BCUT2D eigenvalue weighted by Gasteiger charge is -2.46. The van der Waals surface area contributed by atoms with E-state index < -0.39 is 5.54 Å². The molecule has 1 fully saturated rings. The molecule has 2 aliphatic rings. The standard InChI is InChI=1S/C16H19ClN2O2/c1-3-8-21-10-16(11-4-5-11)13-9-12(17)6-7-14(13)18-15(20)19(16)2/h3,6-9,11H,4-5,10H2,1-2H3,(H,18,20)/b8-3+. The Morgan fingerprint density at radius 3 is 2.95 bits per heavy atom. The number of fused-ring (bicyclic) bond motifs is 1. The number of nitrogens with zero attached hydrogens (tertiary/aromatic N) is 1. The van der Waals surface area contributed by atoms with Crippen LogP contribution in [0.4, 0.5) is 10.5 Å². The number of nitrogens with one attached hydrogen (secondary N) is 1. The van der Waals surface area contributed by atoms with Crippen molar-refractivity contribution in [3.63, 3.8) is 0 Å². The van der Waals surface area contributed by atoms with E-state index in [1.807, 2.05) is 32.2 Å². The molecule has 1 heterocycles. The average Bonchev–Trinajstić information content (AvgIpc) is 3.29. The van der Waals surface area contributed by atoms with Gasteiger partial charge in [0.05, 0.1) is 6.26 Å². The van der Waals surface area contributed by atoms with E-state index in [1.54, 1.807) is 17.2 Å². The van der Waals surface area contributed by atoms with E-state index in [1.165, 1.54) is 0 Å². The first-order valence-corrected chi connectivity index (χ1v) is 7.55. The van der Waals surface area contributed by atoms with Crippen LogP contribution in [0.2, 0.25) is 5.02 Å². The third-order valence-corrected chi connectivity index (χ3v) is 4.62. The number of allylic oxidation sites excluding steroid dienone is 1. The van der Waals surface area contributed by atoms with Gasteiger partial charge in [0.2, 0.25) is 0 Å². The Morgan fingerprint density at radius 2 is 2.29 bits per heavy atom. The van der Waals surface area contributed by atoms with Crippen molar-refractivity contribution in [2.24, 2.45) is 5.92 Å². The number of likely N-dealkylation sites (N-methyl/N-ethyl adjacent to an activating group) is 1. The van der Waals surface area contributed by atoms with Crippen LogP contribution in [0.3, 0.4) is 0 Å². The molecule has 5 heteroatoms. The van der Waals surface area contributed by atoms with E-state index in [-0.39, 0.29) is 6.03 Å². The maximum absolute atomic E-state index is 12.3. The number of urea groups is 1. The molecule has 1 aromatic carbocycles. The number of hydrogen-bond donors (Lipinski definition) is 1. The maximum Gasteiger partial charge on any atom is 0.322 e. The molecule has 0 aromatic heterocycles. The molecule has 0 saturated heterocycles. The summed E-state index contributed by atoms with van der Waals surface area (Å²) in [7, 11) is 1.83. The molecule has 1 atom stereocenters. The molecule has 0 bridgehead atoms. The first kappa shape index (κ1) is 14.3. The summed E-state index contributed by atoms with van der Waals surface area (Å²) >= 11 is 6.19. The second-order valence-electron chi connectivity index (χ2n) is 5.66. The van der Waals surface area contributed by atoms with Crippen molar-refractivity contribution in [2.45, 2.75) is 25.3 Å². The first-order valence-electron chi connectivity index (χ1n) is 7.17. The molecule has 1 aromatic rings. The monoisotopic (exact) mass is 306 g/mol. The second-order valence-corrected chi connectivity index (χ2v) is 6.09. The summed E-state index contributed by atoms with van der Waals surface area (Å²) in [6.45, 7) is 2.35. The normalized spacial score (nSPS) is 24.9. The van der Waals surface area contributed by atoms with Crippen LogP contribution < -0.4 is 5.32 Å². The third kappa shape index (κ3) is 2.27. The number of halogens is 1. The van der Waals surface area contributed by atoms with E-state index in [4.69, 9.17) is 16.3 Å². The minimum atomic E-state index is -0.442. The quantitative estimate of drug-likeness (QED) is 0.855. The number of anilines is 1. The Kier molecular flexibility index (Phi) is 3.57. The molecule has 0 spiro atoms. The van der Waals surface area contributed by atoms with Gasteiger partial charge in [0.15, 0.2) is 0 Å². The lowest BCUT2D eigenvalue weighted by Crippen LogP contribution is -2.56. The number of ether oxygens (including phenoxy) is 1. The first-order chi connectivity index (χ1) is 10.1. The van der Waals surface area contributed by atoms with E-state index in [2.05, 4.69) is 5.32 Å². The Hall–Kier alpha value is -1.68. The molecule has 2 amide bonds. The van der Waals surface area contributed by atoms with Gasteiger partial charge in [0, 0.05) is 23.3 Å². The zero-order chi connectivity index (χ0) is 15.0. The summed E-state index contributed by atoms with van der Waals surface area (Å²) in [6.07, 6.45) is 5.72. The van der Waals surface area contributed by atoms with Crippen molar-refractivity contribution < 1.29 is 9.53 Å². The minimum Gasteiger partial charge on any atom is -0.499 e. The fourth-order valence-corrected chi connectivity index (χ4v) is 3.34. The van der Waals surface area contributed by atoms with Crippen molar-refractivity contribution >= 4 is 23.3 Å². The van der Waals surface area contributed by atoms with Crippen LogP contribution in [-0.2, 0) is 10.3 Å².